The summed E-state index contributed by atoms with van der Waals surface area (Å²) >= 11 is 3.34. The van der Waals surface area contributed by atoms with Crippen molar-refractivity contribution in [3.05, 3.63) is 46.3 Å². The second-order valence-electron chi connectivity index (χ2n) is 4.62. The van der Waals surface area contributed by atoms with Crippen LogP contribution < -0.4 is 10.6 Å². The Kier molecular flexibility index (Phi) is 3.04. The molecule has 0 aliphatic carbocycles. The van der Waals surface area contributed by atoms with Crippen molar-refractivity contribution in [1.29, 1.82) is 0 Å². The van der Waals surface area contributed by atoms with Crippen LogP contribution in [0.25, 0.3) is 0 Å². The monoisotopic (exact) mass is 306 g/mol. The van der Waals surface area contributed by atoms with Crippen LogP contribution in [0.1, 0.15) is 17.7 Å². The lowest BCUT2D eigenvalue weighted by atomic mass is 10.0. The molecule has 94 valence electrons. The molecule has 2 aromatic rings. The number of hydrogen-bond donors (Lipinski definition) is 1. The highest BCUT2D eigenvalue weighted by Crippen LogP contribution is 2.30. The molecule has 0 bridgehead atoms. The average molecular weight is 307 g/mol. The standard InChI is InChI=1S/C14H15BrN2O/c15-14-6-4-12(18-14)9-17-7-1-2-10-8-11(16)3-5-13(10)17/h3-6,8H,1-2,7,9,16H2. The molecule has 3 rings (SSSR count). The average Bonchev–Trinajstić information content (AvgIpc) is 2.75. The van der Waals surface area contributed by atoms with Gasteiger partial charge in [0.1, 0.15) is 5.76 Å². The van der Waals surface area contributed by atoms with E-state index in [0.717, 1.165) is 35.6 Å². The van der Waals surface area contributed by atoms with Crippen LogP contribution in [0.4, 0.5) is 11.4 Å². The lowest BCUT2D eigenvalue weighted by Crippen LogP contribution is -2.28. The van der Waals surface area contributed by atoms with Crippen LogP contribution in [0, 0.1) is 0 Å². The number of anilines is 2. The van der Waals surface area contributed by atoms with Gasteiger partial charge in [-0.1, -0.05) is 0 Å². The molecule has 18 heavy (non-hydrogen) atoms. The van der Waals surface area contributed by atoms with E-state index in [1.807, 2.05) is 18.2 Å². The van der Waals surface area contributed by atoms with E-state index in [2.05, 4.69) is 33.0 Å². The molecule has 1 aromatic heterocycles. The summed E-state index contributed by atoms with van der Waals surface area (Å²) in [6.45, 7) is 1.87. The summed E-state index contributed by atoms with van der Waals surface area (Å²) in [7, 11) is 0. The van der Waals surface area contributed by atoms with Crippen molar-refractivity contribution in [1.82, 2.24) is 0 Å². The number of fused-ring (bicyclic) bond motifs is 1. The summed E-state index contributed by atoms with van der Waals surface area (Å²) in [4.78, 5) is 2.35. The number of rotatable bonds is 2. The Morgan fingerprint density at radius 2 is 2.17 bits per heavy atom. The highest BCUT2D eigenvalue weighted by Gasteiger charge is 2.18. The van der Waals surface area contributed by atoms with E-state index in [0.29, 0.717) is 0 Å². The number of halogens is 1. The summed E-state index contributed by atoms with van der Waals surface area (Å²) in [6, 6.07) is 10.1. The Labute approximate surface area is 115 Å². The molecular formula is C14H15BrN2O. The van der Waals surface area contributed by atoms with Crippen molar-refractivity contribution in [3.63, 3.8) is 0 Å². The quantitative estimate of drug-likeness (QED) is 0.862. The maximum atomic E-state index is 5.84. The van der Waals surface area contributed by atoms with Gasteiger partial charge in [-0.15, -0.1) is 0 Å². The fourth-order valence-corrected chi connectivity index (χ4v) is 2.82. The summed E-state index contributed by atoms with van der Waals surface area (Å²) in [5.41, 5.74) is 9.30. The SMILES string of the molecule is Nc1ccc2c(c1)CCCN2Cc1ccc(Br)o1. The molecule has 1 aliphatic heterocycles. The largest absolute Gasteiger partial charge is 0.452 e. The summed E-state index contributed by atoms with van der Waals surface area (Å²) in [5.74, 6) is 0.978. The molecule has 0 spiro atoms. The minimum atomic E-state index is 0.784. The number of aryl methyl sites for hydroxylation is 1. The minimum Gasteiger partial charge on any atom is -0.452 e. The Morgan fingerprint density at radius 3 is 2.94 bits per heavy atom. The molecule has 0 atom stereocenters. The van der Waals surface area contributed by atoms with Crippen LogP contribution in [0.2, 0.25) is 0 Å². The Balaban J connectivity index is 1.87. The lowest BCUT2D eigenvalue weighted by Gasteiger charge is -2.30. The molecule has 1 aliphatic rings. The first-order chi connectivity index (χ1) is 8.72. The van der Waals surface area contributed by atoms with Gasteiger partial charge in [-0.05, 0) is 64.7 Å². The Hall–Kier alpha value is -1.42. The van der Waals surface area contributed by atoms with Crippen molar-refractivity contribution >= 4 is 27.3 Å². The fourth-order valence-electron chi connectivity index (χ4n) is 2.48. The molecule has 0 radical (unpaired) electrons. The molecule has 0 saturated heterocycles. The fraction of sp³-hybridized carbons (Fsp3) is 0.286. The van der Waals surface area contributed by atoms with Crippen LogP contribution in [-0.2, 0) is 13.0 Å². The van der Waals surface area contributed by atoms with Gasteiger partial charge in [0, 0.05) is 17.9 Å². The first-order valence-electron chi connectivity index (χ1n) is 6.10. The minimum absolute atomic E-state index is 0.784. The molecule has 2 heterocycles. The Morgan fingerprint density at radius 1 is 1.28 bits per heavy atom. The van der Waals surface area contributed by atoms with Gasteiger partial charge < -0.3 is 15.1 Å². The number of hydrogen-bond acceptors (Lipinski definition) is 3. The van der Waals surface area contributed by atoms with Gasteiger partial charge in [0.2, 0.25) is 0 Å². The second kappa shape index (κ2) is 4.69. The third kappa shape index (κ3) is 2.25. The molecular weight excluding hydrogens is 292 g/mol. The smallest absolute Gasteiger partial charge is 0.169 e. The summed E-state index contributed by atoms with van der Waals surface area (Å²) in [6.07, 6.45) is 2.27. The maximum absolute atomic E-state index is 5.84. The molecule has 0 amide bonds. The third-order valence-corrected chi connectivity index (χ3v) is 3.72. The van der Waals surface area contributed by atoms with Gasteiger partial charge in [0.15, 0.2) is 4.67 Å². The van der Waals surface area contributed by atoms with Gasteiger partial charge in [-0.25, -0.2) is 0 Å². The van der Waals surface area contributed by atoms with E-state index < -0.39 is 0 Å². The van der Waals surface area contributed by atoms with E-state index in [1.165, 1.54) is 17.7 Å². The number of furan rings is 1. The molecule has 0 fully saturated rings. The van der Waals surface area contributed by atoms with Gasteiger partial charge in [0.05, 0.1) is 6.54 Å². The van der Waals surface area contributed by atoms with Crippen LogP contribution >= 0.6 is 15.9 Å². The number of benzene rings is 1. The number of nitrogens with two attached hydrogens (primary N) is 1. The van der Waals surface area contributed by atoms with Gasteiger partial charge >= 0.3 is 0 Å². The summed E-state index contributed by atoms with van der Waals surface area (Å²) in [5, 5.41) is 0. The van der Waals surface area contributed by atoms with Crippen molar-refractivity contribution in [2.45, 2.75) is 19.4 Å². The third-order valence-electron chi connectivity index (χ3n) is 3.29. The Bertz CT molecular complexity index is 565. The van der Waals surface area contributed by atoms with Crippen LogP contribution in [0.3, 0.4) is 0 Å². The van der Waals surface area contributed by atoms with Gasteiger partial charge in [-0.3, -0.25) is 0 Å². The predicted molar refractivity (Wildman–Crippen MR) is 76.6 cm³/mol. The van der Waals surface area contributed by atoms with E-state index in [-0.39, 0.29) is 0 Å². The zero-order valence-electron chi connectivity index (χ0n) is 10.0. The van der Waals surface area contributed by atoms with Crippen molar-refractivity contribution < 1.29 is 4.42 Å². The highest BCUT2D eigenvalue weighted by molar-refractivity contribution is 9.10. The number of nitrogen functional groups attached to an aromatic ring is 1. The normalized spacial score (nSPS) is 14.6. The van der Waals surface area contributed by atoms with Crippen LogP contribution in [-0.4, -0.2) is 6.54 Å². The first-order valence-corrected chi connectivity index (χ1v) is 6.89. The highest BCUT2D eigenvalue weighted by atomic mass is 79.9. The second-order valence-corrected chi connectivity index (χ2v) is 5.40. The van der Waals surface area contributed by atoms with Crippen LogP contribution in [0.5, 0.6) is 0 Å². The zero-order valence-corrected chi connectivity index (χ0v) is 11.6. The van der Waals surface area contributed by atoms with Crippen molar-refractivity contribution in [3.8, 4) is 0 Å². The van der Waals surface area contributed by atoms with Gasteiger partial charge in [-0.2, -0.15) is 0 Å². The van der Waals surface area contributed by atoms with Crippen molar-refractivity contribution in [2.24, 2.45) is 0 Å². The lowest BCUT2D eigenvalue weighted by molar-refractivity contribution is 0.478. The van der Waals surface area contributed by atoms with E-state index in [9.17, 15) is 0 Å². The van der Waals surface area contributed by atoms with E-state index in [4.69, 9.17) is 10.2 Å². The first kappa shape index (κ1) is 11.7. The molecule has 4 heteroatoms. The van der Waals surface area contributed by atoms with E-state index in [1.54, 1.807) is 0 Å². The zero-order chi connectivity index (χ0) is 12.5. The molecule has 3 nitrogen and oxygen atoms in total. The molecule has 0 saturated carbocycles. The molecule has 2 N–H and O–H groups in total. The number of nitrogens with zero attached hydrogens (tertiary/aromatic N) is 1. The van der Waals surface area contributed by atoms with Gasteiger partial charge in [0.25, 0.3) is 0 Å². The van der Waals surface area contributed by atoms with Crippen molar-refractivity contribution in [2.75, 3.05) is 17.2 Å². The summed E-state index contributed by atoms with van der Waals surface area (Å²) < 4.78 is 6.36. The molecule has 0 unspecified atom stereocenters. The maximum Gasteiger partial charge on any atom is 0.169 e. The predicted octanol–water partition coefficient (Wildman–Crippen LogP) is 3.58. The molecule has 1 aromatic carbocycles. The topological polar surface area (TPSA) is 42.4 Å². The van der Waals surface area contributed by atoms with E-state index >= 15 is 0 Å². The van der Waals surface area contributed by atoms with Crippen LogP contribution in [0.15, 0.2) is 39.4 Å².